The lowest BCUT2D eigenvalue weighted by Gasteiger charge is -2.26. The van der Waals surface area contributed by atoms with E-state index in [1.807, 2.05) is 32.9 Å². The molecule has 2 aromatic carbocycles. The van der Waals surface area contributed by atoms with Crippen LogP contribution in [0.3, 0.4) is 0 Å². The summed E-state index contributed by atoms with van der Waals surface area (Å²) in [7, 11) is -4.14. The lowest BCUT2D eigenvalue weighted by Crippen LogP contribution is -2.41. The number of halogens is 1. The zero-order valence-electron chi connectivity index (χ0n) is 18.1. The van der Waals surface area contributed by atoms with E-state index >= 15 is 0 Å². The number of hydrogen-bond acceptors (Lipinski definition) is 6. The van der Waals surface area contributed by atoms with Gasteiger partial charge in [-0.25, -0.2) is 17.6 Å². The summed E-state index contributed by atoms with van der Waals surface area (Å²) in [4.78, 5) is 24.0. The highest BCUT2D eigenvalue weighted by molar-refractivity contribution is 7.89. The van der Waals surface area contributed by atoms with E-state index in [1.165, 1.54) is 0 Å². The molecule has 32 heavy (non-hydrogen) atoms. The molecule has 0 aliphatic carbocycles. The highest BCUT2D eigenvalue weighted by Gasteiger charge is 2.30. The molecule has 10 heteroatoms. The SMILES string of the molecule is Cc1cc(C)c(NC(=O)COC(=O)c2ccc(F)c(S(=O)(=O)N3CCOCC3)c2)c(C)c1. The molecule has 0 saturated carbocycles. The van der Waals surface area contributed by atoms with Crippen LogP contribution < -0.4 is 5.32 Å². The Morgan fingerprint density at radius 2 is 1.72 bits per heavy atom. The van der Waals surface area contributed by atoms with Crippen LogP contribution in [0.25, 0.3) is 0 Å². The lowest BCUT2D eigenvalue weighted by molar-refractivity contribution is -0.119. The van der Waals surface area contributed by atoms with E-state index in [-0.39, 0.29) is 31.9 Å². The van der Waals surface area contributed by atoms with Crippen molar-refractivity contribution in [1.29, 1.82) is 0 Å². The van der Waals surface area contributed by atoms with Crippen molar-refractivity contribution in [2.24, 2.45) is 0 Å². The molecule has 1 heterocycles. The first-order valence-electron chi connectivity index (χ1n) is 10.0. The molecule has 0 radical (unpaired) electrons. The quantitative estimate of drug-likeness (QED) is 0.660. The third kappa shape index (κ3) is 5.32. The largest absolute Gasteiger partial charge is 0.452 e. The summed E-state index contributed by atoms with van der Waals surface area (Å²) >= 11 is 0. The van der Waals surface area contributed by atoms with E-state index in [0.717, 1.165) is 39.2 Å². The molecule has 0 atom stereocenters. The van der Waals surface area contributed by atoms with E-state index in [2.05, 4.69) is 5.32 Å². The lowest BCUT2D eigenvalue weighted by atomic mass is 10.1. The van der Waals surface area contributed by atoms with E-state index in [0.29, 0.717) is 5.69 Å². The maximum Gasteiger partial charge on any atom is 0.338 e. The van der Waals surface area contributed by atoms with Gasteiger partial charge in [0.25, 0.3) is 5.91 Å². The minimum absolute atomic E-state index is 0.0917. The van der Waals surface area contributed by atoms with Crippen molar-refractivity contribution in [1.82, 2.24) is 4.31 Å². The number of amides is 1. The molecule has 2 aromatic rings. The standard InChI is InChI=1S/C22H25FN2O6S/c1-14-10-15(2)21(16(3)11-14)24-20(26)13-31-22(27)17-4-5-18(23)19(12-17)32(28,29)25-6-8-30-9-7-25/h4-5,10-12H,6-9,13H2,1-3H3,(H,24,26). The Hall–Kier alpha value is -2.82. The zero-order chi connectivity index (χ0) is 23.5. The third-order valence-corrected chi connectivity index (χ3v) is 6.94. The molecular formula is C22H25FN2O6S. The summed E-state index contributed by atoms with van der Waals surface area (Å²) in [5, 5.41) is 2.71. The Morgan fingerprint density at radius 1 is 1.09 bits per heavy atom. The number of sulfonamides is 1. The van der Waals surface area contributed by atoms with Gasteiger partial charge >= 0.3 is 5.97 Å². The number of carbonyl (C=O) groups excluding carboxylic acids is 2. The van der Waals surface area contributed by atoms with Gasteiger partial charge in [-0.2, -0.15) is 4.31 Å². The molecule has 0 unspecified atom stereocenters. The maximum absolute atomic E-state index is 14.3. The van der Waals surface area contributed by atoms with Gasteiger partial charge < -0.3 is 14.8 Å². The molecule has 1 saturated heterocycles. The summed E-state index contributed by atoms with van der Waals surface area (Å²) in [6, 6.07) is 6.77. The predicted molar refractivity (Wildman–Crippen MR) is 116 cm³/mol. The Bertz CT molecular complexity index is 1120. The van der Waals surface area contributed by atoms with Gasteiger partial charge in [0.05, 0.1) is 18.8 Å². The molecule has 1 amide bonds. The van der Waals surface area contributed by atoms with E-state index in [1.54, 1.807) is 0 Å². The molecule has 1 aliphatic rings. The van der Waals surface area contributed by atoms with Crippen molar-refractivity contribution in [3.05, 3.63) is 58.4 Å². The number of nitrogens with zero attached hydrogens (tertiary/aromatic N) is 1. The number of hydrogen-bond donors (Lipinski definition) is 1. The van der Waals surface area contributed by atoms with Crippen LogP contribution in [0.4, 0.5) is 10.1 Å². The first-order valence-corrected chi connectivity index (χ1v) is 11.5. The second-order valence-corrected chi connectivity index (χ2v) is 9.47. The Morgan fingerprint density at radius 3 is 2.34 bits per heavy atom. The number of rotatable bonds is 6. The topological polar surface area (TPSA) is 102 Å². The number of benzene rings is 2. The minimum atomic E-state index is -4.14. The van der Waals surface area contributed by atoms with Gasteiger partial charge in [-0.1, -0.05) is 17.7 Å². The van der Waals surface area contributed by atoms with Crippen LogP contribution in [0.2, 0.25) is 0 Å². The number of anilines is 1. The molecule has 172 valence electrons. The van der Waals surface area contributed by atoms with Crippen molar-refractivity contribution in [3.8, 4) is 0 Å². The molecule has 0 bridgehead atoms. The van der Waals surface area contributed by atoms with Crippen LogP contribution in [0.1, 0.15) is 27.0 Å². The normalized spacial score (nSPS) is 14.8. The van der Waals surface area contributed by atoms with Crippen LogP contribution in [-0.4, -0.2) is 57.5 Å². The Balaban J connectivity index is 1.69. The summed E-state index contributed by atoms with van der Waals surface area (Å²) < 4.78 is 51.0. The molecule has 0 spiro atoms. The van der Waals surface area contributed by atoms with Crippen molar-refractivity contribution in [3.63, 3.8) is 0 Å². The number of nitrogens with one attached hydrogen (secondary N) is 1. The van der Waals surface area contributed by atoms with Crippen molar-refractivity contribution in [2.75, 3.05) is 38.2 Å². The number of ether oxygens (including phenoxy) is 2. The highest BCUT2D eigenvalue weighted by Crippen LogP contribution is 2.23. The van der Waals surface area contributed by atoms with Gasteiger partial charge in [0.1, 0.15) is 10.7 Å². The molecule has 0 aromatic heterocycles. The van der Waals surface area contributed by atoms with E-state index < -0.39 is 39.2 Å². The first kappa shape index (κ1) is 23.8. The fraction of sp³-hybridized carbons (Fsp3) is 0.364. The maximum atomic E-state index is 14.3. The zero-order valence-corrected chi connectivity index (χ0v) is 18.9. The average Bonchev–Trinajstić information content (AvgIpc) is 2.75. The number of carbonyl (C=O) groups is 2. The Labute approximate surface area is 186 Å². The van der Waals surface area contributed by atoms with Gasteiger partial charge in [0.15, 0.2) is 6.61 Å². The minimum Gasteiger partial charge on any atom is -0.452 e. The highest BCUT2D eigenvalue weighted by atomic mass is 32.2. The van der Waals surface area contributed by atoms with Crippen molar-refractivity contribution >= 4 is 27.6 Å². The van der Waals surface area contributed by atoms with Crippen LogP contribution in [0.5, 0.6) is 0 Å². The Kier molecular flexibility index (Phi) is 7.27. The second kappa shape index (κ2) is 9.76. The first-order chi connectivity index (χ1) is 15.1. The summed E-state index contributed by atoms with van der Waals surface area (Å²) in [5.41, 5.74) is 3.27. The third-order valence-electron chi connectivity index (χ3n) is 5.03. The summed E-state index contributed by atoms with van der Waals surface area (Å²) in [6.45, 7) is 5.68. The van der Waals surface area contributed by atoms with Crippen LogP contribution in [0.15, 0.2) is 35.2 Å². The fourth-order valence-corrected chi connectivity index (χ4v) is 5.02. The van der Waals surface area contributed by atoms with Gasteiger partial charge in [-0.3, -0.25) is 4.79 Å². The van der Waals surface area contributed by atoms with E-state index in [4.69, 9.17) is 9.47 Å². The average molecular weight is 465 g/mol. The molecule has 3 rings (SSSR count). The van der Waals surface area contributed by atoms with Gasteiger partial charge in [0.2, 0.25) is 10.0 Å². The molecular weight excluding hydrogens is 439 g/mol. The van der Waals surface area contributed by atoms with E-state index in [9.17, 15) is 22.4 Å². The fourth-order valence-electron chi connectivity index (χ4n) is 3.52. The van der Waals surface area contributed by atoms with Crippen LogP contribution in [0, 0.1) is 26.6 Å². The van der Waals surface area contributed by atoms with Crippen molar-refractivity contribution in [2.45, 2.75) is 25.7 Å². The number of esters is 1. The molecule has 1 fully saturated rings. The smallest absolute Gasteiger partial charge is 0.338 e. The van der Waals surface area contributed by atoms with Gasteiger partial charge in [-0.15, -0.1) is 0 Å². The van der Waals surface area contributed by atoms with Gasteiger partial charge in [0, 0.05) is 18.8 Å². The molecule has 1 aliphatic heterocycles. The van der Waals surface area contributed by atoms with Gasteiger partial charge in [-0.05, 0) is 50.1 Å². The van der Waals surface area contributed by atoms with Crippen molar-refractivity contribution < 1.29 is 31.9 Å². The van der Waals surface area contributed by atoms with Crippen LogP contribution in [-0.2, 0) is 24.3 Å². The number of aryl methyl sites for hydroxylation is 3. The summed E-state index contributed by atoms with van der Waals surface area (Å²) in [6.07, 6.45) is 0. The molecule has 8 nitrogen and oxygen atoms in total. The van der Waals surface area contributed by atoms with Crippen LogP contribution >= 0.6 is 0 Å². The second-order valence-electron chi connectivity index (χ2n) is 7.56. The number of morpholine rings is 1. The monoisotopic (exact) mass is 464 g/mol. The summed E-state index contributed by atoms with van der Waals surface area (Å²) in [5.74, 6) is -2.45. The molecule has 1 N–H and O–H groups in total. The predicted octanol–water partition coefficient (Wildman–Crippen LogP) is 2.57.